The summed E-state index contributed by atoms with van der Waals surface area (Å²) >= 11 is 0. The molecule has 5 heteroatoms. The Balaban J connectivity index is 1.94. The van der Waals surface area contributed by atoms with Crippen LogP contribution in [0.5, 0.6) is 0 Å². The minimum atomic E-state index is -0.474. The predicted octanol–water partition coefficient (Wildman–Crippen LogP) is 1.36. The Hall–Kier alpha value is -1.88. The van der Waals surface area contributed by atoms with E-state index < -0.39 is 6.29 Å². The Morgan fingerprint density at radius 1 is 1.50 bits per heavy atom. The maximum atomic E-state index is 11.0. The van der Waals surface area contributed by atoms with Crippen LogP contribution in [-0.4, -0.2) is 25.8 Å². The first kappa shape index (κ1) is 12.6. The number of methoxy groups -OCH3 is 1. The van der Waals surface area contributed by atoms with Crippen LogP contribution in [0.4, 0.5) is 0 Å². The van der Waals surface area contributed by atoms with Crippen molar-refractivity contribution in [2.24, 2.45) is 0 Å². The van der Waals surface area contributed by atoms with Crippen LogP contribution in [0.15, 0.2) is 24.3 Å². The average Bonchev–Trinajstić information content (AvgIpc) is 3.16. The first-order valence-corrected chi connectivity index (χ1v) is 5.65. The Kier molecular flexibility index (Phi) is 3.94. The van der Waals surface area contributed by atoms with Crippen molar-refractivity contribution in [3.05, 3.63) is 35.4 Å². The lowest BCUT2D eigenvalue weighted by Crippen LogP contribution is -2.02. The van der Waals surface area contributed by atoms with E-state index in [0.717, 1.165) is 11.1 Å². The van der Waals surface area contributed by atoms with Crippen LogP contribution in [0.2, 0.25) is 0 Å². The molecular weight excluding hydrogens is 236 g/mol. The van der Waals surface area contributed by atoms with E-state index in [-0.39, 0.29) is 12.1 Å². The van der Waals surface area contributed by atoms with E-state index in [1.807, 2.05) is 24.3 Å². The molecule has 1 aromatic carbocycles. The third-order valence-electron chi connectivity index (χ3n) is 2.77. The number of hydrogen-bond acceptors (Lipinski definition) is 5. The van der Waals surface area contributed by atoms with Gasteiger partial charge in [0.25, 0.3) is 6.47 Å². The summed E-state index contributed by atoms with van der Waals surface area (Å²) in [6.45, 7) is 0.381. The number of ether oxygens (including phenoxy) is 3. The predicted molar refractivity (Wildman–Crippen MR) is 61.5 cm³/mol. The van der Waals surface area contributed by atoms with Gasteiger partial charge in [-0.05, 0) is 17.5 Å². The number of aryl methyl sites for hydroxylation is 1. The molecular formula is C13H14O5. The van der Waals surface area contributed by atoms with Crippen LogP contribution in [0, 0.1) is 0 Å². The van der Waals surface area contributed by atoms with Crippen molar-refractivity contribution in [3.8, 4) is 0 Å². The summed E-state index contributed by atoms with van der Waals surface area (Å²) in [7, 11) is 1.37. The van der Waals surface area contributed by atoms with E-state index in [0.29, 0.717) is 19.3 Å². The van der Waals surface area contributed by atoms with Gasteiger partial charge in [0.2, 0.25) is 6.29 Å². The molecule has 0 saturated carbocycles. The highest BCUT2D eigenvalue weighted by molar-refractivity contribution is 5.69. The molecule has 0 bridgehead atoms. The number of esters is 1. The highest BCUT2D eigenvalue weighted by Crippen LogP contribution is 2.39. The molecule has 2 atom stereocenters. The highest BCUT2D eigenvalue weighted by atomic mass is 16.8. The van der Waals surface area contributed by atoms with Gasteiger partial charge in [0.05, 0.1) is 7.11 Å². The molecule has 2 unspecified atom stereocenters. The van der Waals surface area contributed by atoms with Gasteiger partial charge in [-0.15, -0.1) is 0 Å². The summed E-state index contributed by atoms with van der Waals surface area (Å²) in [5, 5.41) is 0. The van der Waals surface area contributed by atoms with Gasteiger partial charge < -0.3 is 14.2 Å². The van der Waals surface area contributed by atoms with Crippen molar-refractivity contribution in [1.29, 1.82) is 0 Å². The molecule has 0 spiro atoms. The Bertz CT molecular complexity index is 443. The summed E-state index contributed by atoms with van der Waals surface area (Å²) < 4.78 is 14.5. The molecule has 0 radical (unpaired) electrons. The third kappa shape index (κ3) is 3.07. The van der Waals surface area contributed by atoms with Crippen LogP contribution in [0.1, 0.15) is 23.7 Å². The molecule has 1 aliphatic rings. The molecule has 5 nitrogen and oxygen atoms in total. The quantitative estimate of drug-likeness (QED) is 0.433. The molecule has 0 amide bonds. The number of carbonyl (C=O) groups is 2. The standard InChI is InChI=1S/C13H14O5/c1-16-11(15)6-5-9-3-2-4-10(7-9)12-13(18-12)17-8-14/h2-4,7-8,12-13H,5-6H2,1H3. The van der Waals surface area contributed by atoms with E-state index in [2.05, 4.69) is 4.74 Å². The number of carbonyl (C=O) groups excluding carboxylic acids is 2. The molecule has 1 aliphatic heterocycles. The fraction of sp³-hybridized carbons (Fsp3) is 0.385. The van der Waals surface area contributed by atoms with E-state index in [1.54, 1.807) is 0 Å². The van der Waals surface area contributed by atoms with Crippen LogP contribution in [0.25, 0.3) is 0 Å². The van der Waals surface area contributed by atoms with Gasteiger partial charge in [-0.3, -0.25) is 9.59 Å². The molecule has 0 aliphatic carbocycles. The molecule has 0 N–H and O–H groups in total. The highest BCUT2D eigenvalue weighted by Gasteiger charge is 2.42. The fourth-order valence-electron chi connectivity index (χ4n) is 1.77. The van der Waals surface area contributed by atoms with Gasteiger partial charge in [0.1, 0.15) is 6.10 Å². The number of hydrogen-bond donors (Lipinski definition) is 0. The van der Waals surface area contributed by atoms with Gasteiger partial charge in [-0.2, -0.15) is 0 Å². The first-order valence-electron chi connectivity index (χ1n) is 5.65. The van der Waals surface area contributed by atoms with Crippen LogP contribution in [0.3, 0.4) is 0 Å². The van der Waals surface area contributed by atoms with Gasteiger partial charge >= 0.3 is 5.97 Å². The molecule has 1 saturated heterocycles. The van der Waals surface area contributed by atoms with Crippen molar-refractivity contribution >= 4 is 12.4 Å². The molecule has 1 fully saturated rings. The van der Waals surface area contributed by atoms with E-state index in [1.165, 1.54) is 7.11 Å². The summed E-state index contributed by atoms with van der Waals surface area (Å²) in [4.78, 5) is 21.2. The van der Waals surface area contributed by atoms with Gasteiger partial charge in [-0.1, -0.05) is 24.3 Å². The minimum absolute atomic E-state index is 0.187. The van der Waals surface area contributed by atoms with E-state index >= 15 is 0 Å². The molecule has 0 aromatic heterocycles. The summed E-state index contributed by atoms with van der Waals surface area (Å²) in [5.41, 5.74) is 1.97. The summed E-state index contributed by atoms with van der Waals surface area (Å²) in [5.74, 6) is -0.231. The van der Waals surface area contributed by atoms with Crippen molar-refractivity contribution in [1.82, 2.24) is 0 Å². The van der Waals surface area contributed by atoms with Gasteiger partial charge in [-0.25, -0.2) is 0 Å². The lowest BCUT2D eigenvalue weighted by molar-refractivity contribution is -0.140. The van der Waals surface area contributed by atoms with Crippen LogP contribution < -0.4 is 0 Å². The van der Waals surface area contributed by atoms with Crippen molar-refractivity contribution < 1.29 is 23.8 Å². The first-order chi connectivity index (χ1) is 8.74. The zero-order valence-electron chi connectivity index (χ0n) is 10.00. The summed E-state index contributed by atoms with van der Waals surface area (Å²) in [6.07, 6.45) is 0.304. The maximum Gasteiger partial charge on any atom is 0.305 e. The summed E-state index contributed by atoms with van der Waals surface area (Å²) in [6, 6.07) is 7.67. The monoisotopic (exact) mass is 250 g/mol. The van der Waals surface area contributed by atoms with Crippen molar-refractivity contribution in [3.63, 3.8) is 0 Å². The SMILES string of the molecule is COC(=O)CCc1cccc(C2OC2OC=O)c1. The molecule has 96 valence electrons. The molecule has 1 aromatic rings. The number of epoxide rings is 1. The van der Waals surface area contributed by atoms with E-state index in [9.17, 15) is 9.59 Å². The largest absolute Gasteiger partial charge is 0.469 e. The minimum Gasteiger partial charge on any atom is -0.469 e. The number of rotatable bonds is 6. The smallest absolute Gasteiger partial charge is 0.305 e. The lowest BCUT2D eigenvalue weighted by atomic mass is 10.0. The zero-order chi connectivity index (χ0) is 13.0. The van der Waals surface area contributed by atoms with Crippen LogP contribution >= 0.6 is 0 Å². The Morgan fingerprint density at radius 2 is 2.33 bits per heavy atom. The average molecular weight is 250 g/mol. The normalized spacial score (nSPS) is 21.2. The Labute approximate surface area is 105 Å². The van der Waals surface area contributed by atoms with E-state index in [4.69, 9.17) is 9.47 Å². The van der Waals surface area contributed by atoms with Gasteiger partial charge in [0.15, 0.2) is 0 Å². The number of benzene rings is 1. The molecule has 2 rings (SSSR count). The topological polar surface area (TPSA) is 65.1 Å². The second-order valence-corrected chi connectivity index (χ2v) is 3.98. The van der Waals surface area contributed by atoms with Crippen molar-refractivity contribution in [2.45, 2.75) is 25.2 Å². The second kappa shape index (κ2) is 5.64. The second-order valence-electron chi connectivity index (χ2n) is 3.98. The fourth-order valence-corrected chi connectivity index (χ4v) is 1.77. The Morgan fingerprint density at radius 3 is 3.06 bits per heavy atom. The molecule has 18 heavy (non-hydrogen) atoms. The zero-order valence-corrected chi connectivity index (χ0v) is 10.00. The van der Waals surface area contributed by atoms with Crippen LogP contribution in [-0.2, 0) is 30.2 Å². The van der Waals surface area contributed by atoms with Gasteiger partial charge in [0, 0.05) is 6.42 Å². The molecule has 1 heterocycles. The maximum absolute atomic E-state index is 11.0. The van der Waals surface area contributed by atoms with Crippen molar-refractivity contribution in [2.75, 3.05) is 7.11 Å². The third-order valence-corrected chi connectivity index (χ3v) is 2.77. The lowest BCUT2D eigenvalue weighted by Gasteiger charge is -2.02.